The number of nitrogens with one attached hydrogen (secondary N) is 2. The summed E-state index contributed by atoms with van der Waals surface area (Å²) in [7, 11) is 0. The number of aliphatic carboxylic acids is 3. The van der Waals surface area contributed by atoms with E-state index < -0.39 is 42.4 Å². The summed E-state index contributed by atoms with van der Waals surface area (Å²) in [5, 5.41) is 32.2. The molecule has 0 bridgehead atoms. The molecular weight excluding hydrogens is 494 g/mol. The molecule has 2 unspecified atom stereocenters. The number of carbonyl (C=O) groups excluding carboxylic acids is 1. The lowest BCUT2D eigenvalue weighted by molar-refractivity contribution is -0.139. The molecule has 2 rings (SSSR count). The molecule has 12 nitrogen and oxygen atoms in total. The van der Waals surface area contributed by atoms with Crippen LogP contribution in [0.5, 0.6) is 0 Å². The molecule has 0 fully saturated rings. The maximum atomic E-state index is 12.4. The standard InChI is InChI=1S/C26H35N5O7/c32-23(33)11-10-20(16-25(36)37)30-26(38)29-19(15-24(34)35)7-3-6-14-31(17-21-8-1-4-12-27-21)18-22-9-2-5-13-28-22/h1-2,4-5,8-9,12-13,19-20H,3,6-7,10-11,14-18H2,(H,32,33)(H,34,35)(H,36,37)(H2,29,30,38). The summed E-state index contributed by atoms with van der Waals surface area (Å²) in [5.74, 6) is -3.36. The highest BCUT2D eigenvalue weighted by Gasteiger charge is 2.21. The summed E-state index contributed by atoms with van der Waals surface area (Å²) in [6.45, 7) is 1.95. The third-order valence-electron chi connectivity index (χ3n) is 5.72. The topological polar surface area (TPSA) is 182 Å². The van der Waals surface area contributed by atoms with Gasteiger partial charge in [0.2, 0.25) is 0 Å². The lowest BCUT2D eigenvalue weighted by Gasteiger charge is -2.23. The second kappa shape index (κ2) is 16.6. The van der Waals surface area contributed by atoms with Crippen LogP contribution in [-0.4, -0.2) is 72.8 Å². The van der Waals surface area contributed by atoms with Gasteiger partial charge in [-0.05, 0) is 50.1 Å². The number of hydrogen-bond donors (Lipinski definition) is 5. The van der Waals surface area contributed by atoms with E-state index in [9.17, 15) is 24.3 Å². The van der Waals surface area contributed by atoms with Crippen LogP contribution in [0, 0.1) is 0 Å². The van der Waals surface area contributed by atoms with Crippen molar-refractivity contribution in [2.75, 3.05) is 6.54 Å². The quantitative estimate of drug-likeness (QED) is 0.180. The van der Waals surface area contributed by atoms with Crippen molar-refractivity contribution in [3.8, 4) is 0 Å². The molecule has 38 heavy (non-hydrogen) atoms. The summed E-state index contributed by atoms with van der Waals surface area (Å²) < 4.78 is 0. The molecule has 2 aromatic rings. The molecule has 5 N–H and O–H groups in total. The first kappa shape index (κ1) is 30.2. The van der Waals surface area contributed by atoms with Crippen molar-refractivity contribution in [1.29, 1.82) is 0 Å². The zero-order valence-corrected chi connectivity index (χ0v) is 21.2. The average Bonchev–Trinajstić information content (AvgIpc) is 2.85. The third-order valence-corrected chi connectivity index (χ3v) is 5.72. The number of amides is 2. The van der Waals surface area contributed by atoms with Gasteiger partial charge in [-0.2, -0.15) is 0 Å². The second-order valence-electron chi connectivity index (χ2n) is 8.99. The van der Waals surface area contributed by atoms with Gasteiger partial charge in [0.15, 0.2) is 0 Å². The predicted octanol–water partition coefficient (Wildman–Crippen LogP) is 2.50. The van der Waals surface area contributed by atoms with E-state index in [0.29, 0.717) is 32.5 Å². The van der Waals surface area contributed by atoms with Gasteiger partial charge in [0.1, 0.15) is 0 Å². The summed E-state index contributed by atoms with van der Waals surface area (Å²) in [5.41, 5.74) is 1.84. The van der Waals surface area contributed by atoms with Crippen LogP contribution in [-0.2, 0) is 27.5 Å². The van der Waals surface area contributed by atoms with Crippen LogP contribution in [0.15, 0.2) is 48.8 Å². The lowest BCUT2D eigenvalue weighted by Crippen LogP contribution is -2.47. The zero-order valence-electron chi connectivity index (χ0n) is 21.2. The van der Waals surface area contributed by atoms with E-state index >= 15 is 0 Å². The molecule has 2 heterocycles. The van der Waals surface area contributed by atoms with Crippen LogP contribution in [0.4, 0.5) is 4.79 Å². The molecule has 0 aliphatic carbocycles. The monoisotopic (exact) mass is 529 g/mol. The van der Waals surface area contributed by atoms with Crippen LogP contribution in [0.25, 0.3) is 0 Å². The molecule has 206 valence electrons. The van der Waals surface area contributed by atoms with Crippen LogP contribution >= 0.6 is 0 Å². The van der Waals surface area contributed by atoms with Gasteiger partial charge in [-0.25, -0.2) is 4.79 Å². The highest BCUT2D eigenvalue weighted by Crippen LogP contribution is 2.11. The first-order valence-corrected chi connectivity index (χ1v) is 12.5. The largest absolute Gasteiger partial charge is 0.481 e. The molecule has 0 spiro atoms. The molecular formula is C26H35N5O7. The van der Waals surface area contributed by atoms with Crippen molar-refractivity contribution in [3.63, 3.8) is 0 Å². The number of carbonyl (C=O) groups is 4. The van der Waals surface area contributed by atoms with Gasteiger partial charge in [0, 0.05) is 44.0 Å². The average molecular weight is 530 g/mol. The number of aromatic nitrogens is 2. The third kappa shape index (κ3) is 13.3. The summed E-state index contributed by atoms with van der Waals surface area (Å²) in [6.07, 6.45) is 4.17. The number of carboxylic acid groups (broad SMARTS) is 3. The van der Waals surface area contributed by atoms with Gasteiger partial charge < -0.3 is 26.0 Å². The molecule has 0 saturated carbocycles. The second-order valence-corrected chi connectivity index (χ2v) is 8.99. The Hall–Kier alpha value is -4.06. The fourth-order valence-electron chi connectivity index (χ4n) is 3.96. The van der Waals surface area contributed by atoms with E-state index in [0.717, 1.165) is 17.8 Å². The van der Waals surface area contributed by atoms with Crippen molar-refractivity contribution in [1.82, 2.24) is 25.5 Å². The molecule has 2 aromatic heterocycles. The highest BCUT2D eigenvalue weighted by atomic mass is 16.4. The predicted molar refractivity (Wildman–Crippen MR) is 137 cm³/mol. The molecule has 0 aliphatic heterocycles. The number of carboxylic acids is 3. The highest BCUT2D eigenvalue weighted by molar-refractivity contribution is 5.77. The minimum absolute atomic E-state index is 0.0545. The Morgan fingerprint density at radius 3 is 1.71 bits per heavy atom. The fourth-order valence-corrected chi connectivity index (χ4v) is 3.96. The van der Waals surface area contributed by atoms with Crippen molar-refractivity contribution >= 4 is 23.9 Å². The van der Waals surface area contributed by atoms with Gasteiger partial charge in [-0.1, -0.05) is 18.6 Å². The minimum Gasteiger partial charge on any atom is -0.481 e. The molecule has 2 atom stereocenters. The maximum Gasteiger partial charge on any atom is 0.315 e. The van der Waals surface area contributed by atoms with Gasteiger partial charge in [0.05, 0.1) is 24.2 Å². The van der Waals surface area contributed by atoms with E-state index in [1.54, 1.807) is 12.4 Å². The number of urea groups is 1. The van der Waals surface area contributed by atoms with Gasteiger partial charge in [-0.3, -0.25) is 29.3 Å². The summed E-state index contributed by atoms with van der Waals surface area (Å²) in [6, 6.07) is 9.19. The number of unbranched alkanes of at least 4 members (excludes halogenated alkanes) is 1. The van der Waals surface area contributed by atoms with Crippen molar-refractivity contribution in [2.24, 2.45) is 0 Å². The number of rotatable bonds is 18. The first-order valence-electron chi connectivity index (χ1n) is 12.5. The van der Waals surface area contributed by atoms with Gasteiger partial charge in [-0.15, -0.1) is 0 Å². The van der Waals surface area contributed by atoms with Crippen molar-refractivity contribution in [3.05, 3.63) is 60.2 Å². The van der Waals surface area contributed by atoms with E-state index in [1.807, 2.05) is 36.4 Å². The molecule has 12 heteroatoms. The van der Waals surface area contributed by atoms with E-state index in [-0.39, 0.29) is 19.3 Å². The Kier molecular flexibility index (Phi) is 13.2. The smallest absolute Gasteiger partial charge is 0.315 e. The fraction of sp³-hybridized carbons (Fsp3) is 0.462. The Balaban J connectivity index is 1.90. The van der Waals surface area contributed by atoms with E-state index in [4.69, 9.17) is 10.2 Å². The molecule has 0 aromatic carbocycles. The molecule has 0 aliphatic rings. The number of hydrogen-bond acceptors (Lipinski definition) is 7. The number of nitrogens with zero attached hydrogens (tertiary/aromatic N) is 3. The van der Waals surface area contributed by atoms with E-state index in [2.05, 4.69) is 25.5 Å². The lowest BCUT2D eigenvalue weighted by atomic mass is 10.1. The Bertz CT molecular complexity index is 982. The van der Waals surface area contributed by atoms with E-state index in [1.165, 1.54) is 0 Å². The molecule has 0 saturated heterocycles. The van der Waals surface area contributed by atoms with Gasteiger partial charge in [0.25, 0.3) is 0 Å². The normalized spacial score (nSPS) is 12.4. The van der Waals surface area contributed by atoms with Crippen molar-refractivity contribution < 1.29 is 34.5 Å². The number of pyridine rings is 2. The van der Waals surface area contributed by atoms with Crippen LogP contribution in [0.1, 0.15) is 56.3 Å². The Morgan fingerprint density at radius 2 is 1.26 bits per heavy atom. The first-order chi connectivity index (χ1) is 18.2. The summed E-state index contributed by atoms with van der Waals surface area (Å²) in [4.78, 5) is 56.7. The Labute approximate surface area is 221 Å². The Morgan fingerprint density at radius 1 is 0.737 bits per heavy atom. The van der Waals surface area contributed by atoms with Crippen LogP contribution in [0.3, 0.4) is 0 Å². The maximum absolute atomic E-state index is 12.4. The van der Waals surface area contributed by atoms with Gasteiger partial charge >= 0.3 is 23.9 Å². The van der Waals surface area contributed by atoms with Crippen molar-refractivity contribution in [2.45, 2.75) is 70.1 Å². The van der Waals surface area contributed by atoms with Crippen LogP contribution < -0.4 is 10.6 Å². The summed E-state index contributed by atoms with van der Waals surface area (Å²) >= 11 is 0. The minimum atomic E-state index is -1.18. The molecule has 2 amide bonds. The SMILES string of the molecule is O=C(O)CCC(CC(=O)O)NC(=O)NC(CCCCN(Cc1ccccn1)Cc1ccccn1)CC(=O)O. The van der Waals surface area contributed by atoms with Crippen LogP contribution in [0.2, 0.25) is 0 Å². The zero-order chi connectivity index (χ0) is 27.8. The molecule has 0 radical (unpaired) electrons.